The van der Waals surface area contributed by atoms with Gasteiger partial charge in [0, 0.05) is 16.7 Å². The molecule has 0 aliphatic rings. The fourth-order valence-corrected chi connectivity index (χ4v) is 3.74. The molecule has 0 saturated carbocycles. The highest BCUT2D eigenvalue weighted by molar-refractivity contribution is 5.66. The molecule has 4 rings (SSSR count). The van der Waals surface area contributed by atoms with E-state index >= 15 is 0 Å². The maximum Gasteiger partial charge on any atom is 0.164 e. The van der Waals surface area contributed by atoms with Gasteiger partial charge in [-0.05, 0) is 28.4 Å². The van der Waals surface area contributed by atoms with E-state index in [1.54, 1.807) is 0 Å². The van der Waals surface area contributed by atoms with Crippen molar-refractivity contribution < 1.29 is 0 Å². The number of rotatable bonds is 5. The van der Waals surface area contributed by atoms with Crippen LogP contribution in [-0.2, 0) is 10.8 Å². The molecule has 4 aromatic rings. The van der Waals surface area contributed by atoms with Crippen LogP contribution >= 0.6 is 0 Å². The minimum atomic E-state index is 0.103. The van der Waals surface area contributed by atoms with Gasteiger partial charge in [0.2, 0.25) is 0 Å². The molecule has 0 aliphatic heterocycles. The van der Waals surface area contributed by atoms with Gasteiger partial charge in [-0.2, -0.15) is 0 Å². The lowest BCUT2D eigenvalue weighted by molar-refractivity contribution is 0.506. The molecule has 0 bridgehead atoms. The van der Waals surface area contributed by atoms with Crippen molar-refractivity contribution >= 4 is 0 Å². The molecule has 168 valence electrons. The maximum absolute atomic E-state index is 4.88. The standard InChI is InChI=1S/C30H33N3/c1-7-30(5,6)25-19-15-23(16-20-25)28-32-26(21-11-9-8-10-12-21)31-27(33-28)22-13-17-24(18-14-22)29(2,3)4/h8-20H,7H2,1-6H3. The zero-order chi connectivity index (χ0) is 23.6. The molecule has 0 atom stereocenters. The van der Waals surface area contributed by atoms with E-state index in [0.29, 0.717) is 17.5 Å². The molecule has 1 heterocycles. The van der Waals surface area contributed by atoms with Crippen molar-refractivity contribution in [2.75, 3.05) is 0 Å². The number of nitrogens with zero attached hydrogens (tertiary/aromatic N) is 3. The zero-order valence-corrected chi connectivity index (χ0v) is 20.6. The highest BCUT2D eigenvalue weighted by atomic mass is 15.0. The van der Waals surface area contributed by atoms with E-state index in [1.165, 1.54) is 11.1 Å². The van der Waals surface area contributed by atoms with E-state index in [2.05, 4.69) is 90.1 Å². The van der Waals surface area contributed by atoms with Crippen LogP contribution in [0.4, 0.5) is 0 Å². The Bertz CT molecular complexity index is 1220. The lowest BCUT2D eigenvalue weighted by Crippen LogP contribution is -2.15. The Morgan fingerprint density at radius 3 is 1.30 bits per heavy atom. The largest absolute Gasteiger partial charge is 0.208 e. The van der Waals surface area contributed by atoms with Crippen LogP contribution < -0.4 is 0 Å². The molecule has 0 fully saturated rings. The molecule has 1 aromatic heterocycles. The molecule has 0 unspecified atom stereocenters. The van der Waals surface area contributed by atoms with Gasteiger partial charge in [-0.25, -0.2) is 15.0 Å². The predicted octanol–water partition coefficient (Wildman–Crippen LogP) is 7.86. The number of benzene rings is 3. The second-order valence-electron chi connectivity index (χ2n) is 10.3. The molecule has 3 nitrogen and oxygen atoms in total. The predicted molar refractivity (Wildman–Crippen MR) is 138 cm³/mol. The van der Waals surface area contributed by atoms with Crippen molar-refractivity contribution in [2.45, 2.75) is 58.8 Å². The van der Waals surface area contributed by atoms with E-state index in [9.17, 15) is 0 Å². The van der Waals surface area contributed by atoms with Gasteiger partial charge in [0.05, 0.1) is 0 Å². The quantitative estimate of drug-likeness (QED) is 0.320. The van der Waals surface area contributed by atoms with Gasteiger partial charge in [0.1, 0.15) is 0 Å². The Hall–Kier alpha value is -3.33. The molecule has 0 aliphatic carbocycles. The minimum Gasteiger partial charge on any atom is -0.208 e. The molecule has 3 heteroatoms. The van der Waals surface area contributed by atoms with E-state index < -0.39 is 0 Å². The van der Waals surface area contributed by atoms with Crippen LogP contribution in [0.2, 0.25) is 0 Å². The Labute approximate surface area is 198 Å². The van der Waals surface area contributed by atoms with Crippen LogP contribution in [0.3, 0.4) is 0 Å². The number of hydrogen-bond donors (Lipinski definition) is 0. The van der Waals surface area contributed by atoms with Gasteiger partial charge < -0.3 is 0 Å². The summed E-state index contributed by atoms with van der Waals surface area (Å²) in [5.41, 5.74) is 5.84. The van der Waals surface area contributed by atoms with Crippen LogP contribution in [0.15, 0.2) is 78.9 Å². The second-order valence-corrected chi connectivity index (χ2v) is 10.3. The molecule has 0 amide bonds. The van der Waals surface area contributed by atoms with Crippen molar-refractivity contribution in [3.63, 3.8) is 0 Å². The van der Waals surface area contributed by atoms with Gasteiger partial charge >= 0.3 is 0 Å². The summed E-state index contributed by atoms with van der Waals surface area (Å²) in [6.45, 7) is 13.4. The van der Waals surface area contributed by atoms with Crippen LogP contribution in [0.1, 0.15) is 59.1 Å². The molecular formula is C30H33N3. The average molecular weight is 436 g/mol. The maximum atomic E-state index is 4.88. The van der Waals surface area contributed by atoms with Gasteiger partial charge in [-0.3, -0.25) is 0 Å². The Morgan fingerprint density at radius 2 is 0.909 bits per heavy atom. The van der Waals surface area contributed by atoms with Crippen LogP contribution in [0.25, 0.3) is 34.2 Å². The van der Waals surface area contributed by atoms with Crippen molar-refractivity contribution in [1.82, 2.24) is 15.0 Å². The SMILES string of the molecule is CCC(C)(C)c1ccc(-c2nc(-c3ccccc3)nc(-c3ccc(C(C)(C)C)cc3)n2)cc1. The van der Waals surface area contributed by atoms with Crippen molar-refractivity contribution in [3.05, 3.63) is 90.0 Å². The summed E-state index contributed by atoms with van der Waals surface area (Å²) in [7, 11) is 0. The molecule has 33 heavy (non-hydrogen) atoms. The third kappa shape index (κ3) is 5.03. The first-order valence-electron chi connectivity index (χ1n) is 11.7. The van der Waals surface area contributed by atoms with Crippen LogP contribution in [0, 0.1) is 0 Å². The first kappa shape index (κ1) is 22.8. The van der Waals surface area contributed by atoms with Crippen molar-refractivity contribution in [3.8, 4) is 34.2 Å². The normalized spacial score (nSPS) is 12.1. The Balaban J connectivity index is 1.81. The second kappa shape index (κ2) is 8.90. The topological polar surface area (TPSA) is 38.7 Å². The first-order valence-corrected chi connectivity index (χ1v) is 11.7. The summed E-state index contributed by atoms with van der Waals surface area (Å²) in [4.78, 5) is 14.6. The van der Waals surface area contributed by atoms with Gasteiger partial charge in [-0.1, -0.05) is 120 Å². The monoisotopic (exact) mass is 435 g/mol. The van der Waals surface area contributed by atoms with Crippen molar-refractivity contribution in [2.24, 2.45) is 0 Å². The summed E-state index contributed by atoms with van der Waals surface area (Å²) in [5, 5.41) is 0. The third-order valence-corrected chi connectivity index (χ3v) is 6.48. The van der Waals surface area contributed by atoms with E-state index in [4.69, 9.17) is 15.0 Å². The molecular weight excluding hydrogens is 402 g/mol. The first-order chi connectivity index (χ1) is 15.7. The van der Waals surface area contributed by atoms with E-state index in [0.717, 1.165) is 23.1 Å². The number of hydrogen-bond acceptors (Lipinski definition) is 3. The Kier molecular flexibility index (Phi) is 6.16. The zero-order valence-electron chi connectivity index (χ0n) is 20.6. The lowest BCUT2D eigenvalue weighted by Gasteiger charge is -2.23. The summed E-state index contributed by atoms with van der Waals surface area (Å²) in [6.07, 6.45) is 1.09. The van der Waals surface area contributed by atoms with Crippen molar-refractivity contribution in [1.29, 1.82) is 0 Å². The van der Waals surface area contributed by atoms with E-state index in [1.807, 2.05) is 30.3 Å². The summed E-state index contributed by atoms with van der Waals surface area (Å²) in [6, 6.07) is 27.3. The molecule has 0 spiro atoms. The van der Waals surface area contributed by atoms with Gasteiger partial charge in [-0.15, -0.1) is 0 Å². The fourth-order valence-electron chi connectivity index (χ4n) is 3.74. The number of aromatic nitrogens is 3. The van der Waals surface area contributed by atoms with E-state index in [-0.39, 0.29) is 10.8 Å². The Morgan fingerprint density at radius 1 is 0.515 bits per heavy atom. The smallest absolute Gasteiger partial charge is 0.164 e. The average Bonchev–Trinajstić information content (AvgIpc) is 2.84. The summed E-state index contributed by atoms with van der Waals surface area (Å²) in [5.74, 6) is 2.07. The molecule has 0 N–H and O–H groups in total. The van der Waals surface area contributed by atoms with Crippen LogP contribution in [0.5, 0.6) is 0 Å². The van der Waals surface area contributed by atoms with Gasteiger partial charge in [0.25, 0.3) is 0 Å². The molecule has 0 radical (unpaired) electrons. The highest BCUT2D eigenvalue weighted by Gasteiger charge is 2.19. The highest BCUT2D eigenvalue weighted by Crippen LogP contribution is 2.30. The third-order valence-electron chi connectivity index (χ3n) is 6.48. The fraction of sp³-hybridized carbons (Fsp3) is 0.300. The minimum absolute atomic E-state index is 0.103. The van der Waals surface area contributed by atoms with Gasteiger partial charge in [0.15, 0.2) is 17.5 Å². The molecule has 3 aromatic carbocycles. The van der Waals surface area contributed by atoms with Crippen LogP contribution in [-0.4, -0.2) is 15.0 Å². The summed E-state index contributed by atoms with van der Waals surface area (Å²) >= 11 is 0. The molecule has 0 saturated heterocycles. The lowest BCUT2D eigenvalue weighted by atomic mass is 9.82. The summed E-state index contributed by atoms with van der Waals surface area (Å²) < 4.78 is 0.